The minimum Gasteiger partial charge on any atom is -0.431 e. The highest BCUT2D eigenvalue weighted by atomic mass is 16.5. The minimum atomic E-state index is -0.184. The van der Waals surface area contributed by atoms with Crippen molar-refractivity contribution >= 4 is 5.97 Å². The van der Waals surface area contributed by atoms with Gasteiger partial charge in [-0.1, -0.05) is 6.92 Å². The lowest BCUT2D eigenvalue weighted by Crippen LogP contribution is -1.99. The molecular formula is C9H12O2. The number of fused-ring (bicyclic) bond motifs is 1. The molecule has 2 heteroatoms. The fraction of sp³-hybridized carbons (Fsp3) is 0.667. The van der Waals surface area contributed by atoms with E-state index in [0.29, 0.717) is 5.92 Å². The van der Waals surface area contributed by atoms with Crippen LogP contribution in [0.2, 0.25) is 0 Å². The van der Waals surface area contributed by atoms with E-state index < -0.39 is 0 Å². The zero-order chi connectivity index (χ0) is 8.01. The zero-order valence-corrected chi connectivity index (χ0v) is 6.83. The van der Waals surface area contributed by atoms with E-state index in [2.05, 4.69) is 13.0 Å². The zero-order valence-electron chi connectivity index (χ0n) is 6.83. The SMILES string of the molecule is CC(=O)OC1=CC[C@H]2[C@H](C)[C@@H]12. The molecule has 0 amide bonds. The molecule has 0 aromatic rings. The van der Waals surface area contributed by atoms with E-state index in [1.165, 1.54) is 6.92 Å². The summed E-state index contributed by atoms with van der Waals surface area (Å²) in [5, 5.41) is 0. The van der Waals surface area contributed by atoms with Crippen LogP contribution in [-0.4, -0.2) is 5.97 Å². The standard InChI is InChI=1S/C9H12O2/c1-5-7-3-4-8(9(5)7)11-6(2)10/h4-5,7,9H,3H2,1-2H3/t5-,7-,9+/m0/s1. The van der Waals surface area contributed by atoms with Gasteiger partial charge in [-0.05, 0) is 24.3 Å². The van der Waals surface area contributed by atoms with E-state index in [1.54, 1.807) is 0 Å². The first-order valence-electron chi connectivity index (χ1n) is 4.08. The van der Waals surface area contributed by atoms with Gasteiger partial charge in [0.25, 0.3) is 0 Å². The van der Waals surface area contributed by atoms with Crippen molar-refractivity contribution in [3.05, 3.63) is 11.8 Å². The van der Waals surface area contributed by atoms with Crippen LogP contribution < -0.4 is 0 Å². The van der Waals surface area contributed by atoms with Crippen LogP contribution in [0.15, 0.2) is 11.8 Å². The van der Waals surface area contributed by atoms with Crippen molar-refractivity contribution in [1.29, 1.82) is 0 Å². The fourth-order valence-electron chi connectivity index (χ4n) is 2.04. The van der Waals surface area contributed by atoms with Gasteiger partial charge in [-0.3, -0.25) is 4.79 Å². The third-order valence-corrected chi connectivity index (χ3v) is 2.74. The van der Waals surface area contributed by atoms with E-state index in [0.717, 1.165) is 24.0 Å². The molecular weight excluding hydrogens is 140 g/mol. The van der Waals surface area contributed by atoms with Crippen LogP contribution in [0.1, 0.15) is 20.3 Å². The Morgan fingerprint density at radius 1 is 1.73 bits per heavy atom. The molecule has 0 heterocycles. The van der Waals surface area contributed by atoms with Crippen LogP contribution in [0.3, 0.4) is 0 Å². The second-order valence-electron chi connectivity index (χ2n) is 3.48. The van der Waals surface area contributed by atoms with Gasteiger partial charge in [-0.25, -0.2) is 0 Å². The van der Waals surface area contributed by atoms with Crippen molar-refractivity contribution < 1.29 is 9.53 Å². The fourth-order valence-corrected chi connectivity index (χ4v) is 2.04. The Labute approximate surface area is 66.2 Å². The summed E-state index contributed by atoms with van der Waals surface area (Å²) in [6.07, 6.45) is 3.16. The Bertz CT molecular complexity index is 230. The highest BCUT2D eigenvalue weighted by Gasteiger charge is 2.52. The van der Waals surface area contributed by atoms with Crippen LogP contribution in [0.25, 0.3) is 0 Å². The topological polar surface area (TPSA) is 26.3 Å². The average molecular weight is 152 g/mol. The molecule has 0 unspecified atom stereocenters. The molecule has 0 aromatic carbocycles. The Hall–Kier alpha value is -0.790. The number of carbonyl (C=O) groups excluding carboxylic acids is 1. The third-order valence-electron chi connectivity index (χ3n) is 2.74. The number of esters is 1. The summed E-state index contributed by atoms with van der Waals surface area (Å²) in [4.78, 5) is 10.6. The number of rotatable bonds is 1. The molecule has 3 atom stereocenters. The molecule has 60 valence electrons. The Morgan fingerprint density at radius 3 is 2.91 bits per heavy atom. The molecule has 11 heavy (non-hydrogen) atoms. The van der Waals surface area contributed by atoms with E-state index in [9.17, 15) is 4.79 Å². The summed E-state index contributed by atoms with van der Waals surface area (Å²) in [6, 6.07) is 0. The van der Waals surface area contributed by atoms with Gasteiger partial charge in [0, 0.05) is 12.8 Å². The number of hydrogen-bond acceptors (Lipinski definition) is 2. The lowest BCUT2D eigenvalue weighted by molar-refractivity contribution is -0.137. The smallest absolute Gasteiger partial charge is 0.307 e. The highest BCUT2D eigenvalue weighted by Crippen LogP contribution is 2.57. The lowest BCUT2D eigenvalue weighted by atomic mass is 10.2. The van der Waals surface area contributed by atoms with Crippen LogP contribution in [0.4, 0.5) is 0 Å². The molecule has 0 saturated heterocycles. The van der Waals surface area contributed by atoms with Crippen molar-refractivity contribution in [2.75, 3.05) is 0 Å². The van der Waals surface area contributed by atoms with Gasteiger partial charge in [-0.15, -0.1) is 0 Å². The molecule has 2 nitrogen and oxygen atoms in total. The number of hydrogen-bond donors (Lipinski definition) is 0. The van der Waals surface area contributed by atoms with E-state index in [1.807, 2.05) is 0 Å². The second-order valence-corrected chi connectivity index (χ2v) is 3.48. The summed E-state index contributed by atoms with van der Waals surface area (Å²) in [5.41, 5.74) is 0. The Morgan fingerprint density at radius 2 is 2.45 bits per heavy atom. The van der Waals surface area contributed by atoms with Gasteiger partial charge in [0.15, 0.2) is 0 Å². The van der Waals surface area contributed by atoms with Crippen molar-refractivity contribution in [2.24, 2.45) is 17.8 Å². The largest absolute Gasteiger partial charge is 0.431 e. The van der Waals surface area contributed by atoms with E-state index >= 15 is 0 Å². The van der Waals surface area contributed by atoms with Crippen LogP contribution in [0, 0.1) is 17.8 Å². The highest BCUT2D eigenvalue weighted by molar-refractivity contribution is 5.67. The van der Waals surface area contributed by atoms with Gasteiger partial charge < -0.3 is 4.74 Å². The number of carbonyl (C=O) groups is 1. The summed E-state index contributed by atoms with van der Waals surface area (Å²) < 4.78 is 5.06. The van der Waals surface area contributed by atoms with Crippen molar-refractivity contribution in [3.8, 4) is 0 Å². The molecule has 2 aliphatic carbocycles. The van der Waals surface area contributed by atoms with E-state index in [4.69, 9.17) is 4.74 Å². The molecule has 0 aliphatic heterocycles. The predicted octanol–water partition coefficient (Wildman–Crippen LogP) is 1.72. The molecule has 1 fully saturated rings. The van der Waals surface area contributed by atoms with E-state index in [-0.39, 0.29) is 5.97 Å². The van der Waals surface area contributed by atoms with Crippen LogP contribution in [-0.2, 0) is 9.53 Å². The van der Waals surface area contributed by atoms with Gasteiger partial charge in [0.05, 0.1) is 0 Å². The number of allylic oxidation sites excluding steroid dienone is 2. The quantitative estimate of drug-likeness (QED) is 0.535. The molecule has 2 rings (SSSR count). The molecule has 0 aromatic heterocycles. The maximum Gasteiger partial charge on any atom is 0.307 e. The average Bonchev–Trinajstić information content (AvgIpc) is 2.39. The first-order valence-corrected chi connectivity index (χ1v) is 4.08. The number of ether oxygens (including phenoxy) is 1. The normalized spacial score (nSPS) is 39.5. The first kappa shape index (κ1) is 6.89. The first-order chi connectivity index (χ1) is 5.20. The predicted molar refractivity (Wildman–Crippen MR) is 40.6 cm³/mol. The molecule has 0 spiro atoms. The van der Waals surface area contributed by atoms with Crippen LogP contribution >= 0.6 is 0 Å². The summed E-state index contributed by atoms with van der Waals surface area (Å²) in [5.74, 6) is 2.84. The monoisotopic (exact) mass is 152 g/mol. The van der Waals surface area contributed by atoms with Gasteiger partial charge in [-0.2, -0.15) is 0 Å². The molecule has 0 N–H and O–H groups in total. The Balaban J connectivity index is 2.00. The van der Waals surface area contributed by atoms with Gasteiger partial charge in [0.2, 0.25) is 0 Å². The summed E-state index contributed by atoms with van der Waals surface area (Å²) in [6.45, 7) is 3.67. The lowest BCUT2D eigenvalue weighted by Gasteiger charge is -2.02. The molecule has 2 aliphatic rings. The van der Waals surface area contributed by atoms with Gasteiger partial charge in [0.1, 0.15) is 5.76 Å². The molecule has 0 bridgehead atoms. The molecule has 0 radical (unpaired) electrons. The van der Waals surface area contributed by atoms with Crippen molar-refractivity contribution in [2.45, 2.75) is 20.3 Å². The summed E-state index contributed by atoms with van der Waals surface area (Å²) >= 11 is 0. The van der Waals surface area contributed by atoms with Crippen molar-refractivity contribution in [1.82, 2.24) is 0 Å². The van der Waals surface area contributed by atoms with Crippen molar-refractivity contribution in [3.63, 3.8) is 0 Å². The summed E-state index contributed by atoms with van der Waals surface area (Å²) in [7, 11) is 0. The third kappa shape index (κ3) is 0.971. The minimum absolute atomic E-state index is 0.184. The maximum atomic E-state index is 10.6. The maximum absolute atomic E-state index is 10.6. The van der Waals surface area contributed by atoms with Gasteiger partial charge >= 0.3 is 5.97 Å². The molecule has 1 saturated carbocycles. The second kappa shape index (κ2) is 2.10. The Kier molecular flexibility index (Phi) is 1.31. The van der Waals surface area contributed by atoms with Crippen LogP contribution in [0.5, 0.6) is 0 Å².